The van der Waals surface area contributed by atoms with Crippen molar-refractivity contribution >= 4 is 35.3 Å². The Hall–Kier alpha value is -2.97. The quantitative estimate of drug-likeness (QED) is 0.431. The van der Waals surface area contributed by atoms with Crippen LogP contribution in [-0.2, 0) is 4.74 Å². The summed E-state index contributed by atoms with van der Waals surface area (Å²) in [6.45, 7) is 6.07. The number of amides is 1. The summed E-state index contributed by atoms with van der Waals surface area (Å²) in [5.41, 5.74) is 9.00. The fourth-order valence-electron chi connectivity index (χ4n) is 3.06. The second-order valence-corrected chi connectivity index (χ2v) is 7.61. The maximum atomic E-state index is 12.9. The Morgan fingerprint density at radius 2 is 1.97 bits per heavy atom. The number of benzene rings is 1. The molecule has 0 spiro atoms. The molecule has 1 amide bonds. The van der Waals surface area contributed by atoms with Crippen LogP contribution < -0.4 is 11.6 Å². The second-order valence-electron chi connectivity index (χ2n) is 7.18. The van der Waals surface area contributed by atoms with Gasteiger partial charge in [-0.1, -0.05) is 11.6 Å². The number of hydrogen-bond donors (Lipinski definition) is 2. The summed E-state index contributed by atoms with van der Waals surface area (Å²) in [7, 11) is 0. The first-order valence-electron chi connectivity index (χ1n) is 9.64. The van der Waals surface area contributed by atoms with Crippen LogP contribution in [0.25, 0.3) is 11.1 Å². The largest absolute Gasteiger partial charge is 0.383 e. The summed E-state index contributed by atoms with van der Waals surface area (Å²) in [6.07, 6.45) is 3.20. The monoisotopic (exact) mass is 428 g/mol. The van der Waals surface area contributed by atoms with E-state index in [0.29, 0.717) is 48.2 Å². The van der Waals surface area contributed by atoms with Crippen molar-refractivity contribution in [1.29, 1.82) is 0 Å². The maximum absolute atomic E-state index is 12.9. The standard InChI is InChI=1S/C21H25ClN6O2/c1-13(2)25-12-19(27-24)18-10-16(11-26-20(18)23)14-7-15(9-17(22)8-14)21(29)28-3-5-30-6-4-28/h7-13H,3-6,24H2,1-2H3,(H2,23,26). The third-order valence-corrected chi connectivity index (χ3v) is 4.82. The SMILES string of the molecule is CC(C)N=CC(=NN)c1cc(-c2cc(Cl)cc(C(=O)N3CCOCC3)c2)cnc1N. The number of halogens is 1. The van der Waals surface area contributed by atoms with E-state index >= 15 is 0 Å². The number of nitrogens with zero attached hydrogens (tertiary/aromatic N) is 4. The lowest BCUT2D eigenvalue weighted by Crippen LogP contribution is -2.40. The minimum Gasteiger partial charge on any atom is -0.383 e. The third-order valence-electron chi connectivity index (χ3n) is 4.60. The molecule has 1 saturated heterocycles. The van der Waals surface area contributed by atoms with Crippen LogP contribution >= 0.6 is 11.6 Å². The number of aliphatic imine (C=N–C) groups is 1. The van der Waals surface area contributed by atoms with E-state index in [2.05, 4.69) is 15.1 Å². The molecule has 0 radical (unpaired) electrons. The van der Waals surface area contributed by atoms with Crippen LogP contribution in [0.3, 0.4) is 0 Å². The van der Waals surface area contributed by atoms with E-state index < -0.39 is 0 Å². The van der Waals surface area contributed by atoms with Gasteiger partial charge in [0.25, 0.3) is 5.91 Å². The predicted octanol–water partition coefficient (Wildman–Crippen LogP) is 2.60. The van der Waals surface area contributed by atoms with E-state index in [1.54, 1.807) is 35.5 Å². The summed E-state index contributed by atoms with van der Waals surface area (Å²) in [6, 6.07) is 7.13. The molecule has 30 heavy (non-hydrogen) atoms. The molecule has 1 fully saturated rings. The van der Waals surface area contributed by atoms with Crippen molar-refractivity contribution in [2.45, 2.75) is 19.9 Å². The summed E-state index contributed by atoms with van der Waals surface area (Å²) >= 11 is 6.32. The maximum Gasteiger partial charge on any atom is 0.254 e. The number of nitrogens with two attached hydrogens (primary N) is 2. The van der Waals surface area contributed by atoms with Crippen molar-refractivity contribution in [3.05, 3.63) is 46.6 Å². The van der Waals surface area contributed by atoms with E-state index in [1.807, 2.05) is 19.9 Å². The van der Waals surface area contributed by atoms with Gasteiger partial charge in [-0.15, -0.1) is 0 Å². The van der Waals surface area contributed by atoms with Gasteiger partial charge < -0.3 is 21.2 Å². The normalized spacial score (nSPS) is 15.2. The average molecular weight is 429 g/mol. The average Bonchev–Trinajstić information content (AvgIpc) is 2.74. The van der Waals surface area contributed by atoms with Crippen LogP contribution in [0.5, 0.6) is 0 Å². The zero-order chi connectivity index (χ0) is 21.7. The molecule has 3 rings (SSSR count). The molecule has 158 valence electrons. The highest BCUT2D eigenvalue weighted by Gasteiger charge is 2.20. The van der Waals surface area contributed by atoms with E-state index in [0.717, 1.165) is 11.1 Å². The van der Waals surface area contributed by atoms with Crippen LogP contribution in [0.1, 0.15) is 29.8 Å². The molecule has 9 heteroatoms. The Labute approximate surface area is 180 Å². The van der Waals surface area contributed by atoms with Crippen molar-refractivity contribution in [2.24, 2.45) is 15.9 Å². The van der Waals surface area contributed by atoms with Crippen molar-refractivity contribution in [1.82, 2.24) is 9.88 Å². The van der Waals surface area contributed by atoms with Gasteiger partial charge >= 0.3 is 0 Å². The zero-order valence-electron chi connectivity index (χ0n) is 17.0. The molecule has 4 N–H and O–H groups in total. The smallest absolute Gasteiger partial charge is 0.254 e. The molecule has 2 aromatic rings. The number of pyridine rings is 1. The number of hydrogen-bond acceptors (Lipinski definition) is 7. The highest BCUT2D eigenvalue weighted by molar-refractivity contribution is 6.39. The molecule has 1 aliphatic rings. The minimum absolute atomic E-state index is 0.0841. The molecular formula is C21H25ClN6O2. The Morgan fingerprint density at radius 1 is 1.23 bits per heavy atom. The van der Waals surface area contributed by atoms with E-state index in [1.165, 1.54) is 0 Å². The Kier molecular flexibility index (Phi) is 7.02. The topological polar surface area (TPSA) is 119 Å². The molecule has 0 aliphatic carbocycles. The first-order valence-corrected chi connectivity index (χ1v) is 10.0. The first kappa shape index (κ1) is 21.7. The summed E-state index contributed by atoms with van der Waals surface area (Å²) in [5, 5.41) is 4.25. The number of hydrazone groups is 1. The number of carbonyl (C=O) groups excluding carboxylic acids is 1. The lowest BCUT2D eigenvalue weighted by atomic mass is 10.0. The number of nitrogen functional groups attached to an aromatic ring is 1. The van der Waals surface area contributed by atoms with Crippen molar-refractivity contribution < 1.29 is 9.53 Å². The van der Waals surface area contributed by atoms with Crippen molar-refractivity contribution in [3.63, 3.8) is 0 Å². The molecular weight excluding hydrogens is 404 g/mol. The molecule has 1 aliphatic heterocycles. The lowest BCUT2D eigenvalue weighted by Gasteiger charge is -2.27. The number of rotatable bonds is 5. The lowest BCUT2D eigenvalue weighted by molar-refractivity contribution is 0.0303. The zero-order valence-corrected chi connectivity index (χ0v) is 17.8. The summed E-state index contributed by atoms with van der Waals surface area (Å²) < 4.78 is 5.32. The summed E-state index contributed by atoms with van der Waals surface area (Å²) in [4.78, 5) is 23.2. The van der Waals surface area contributed by atoms with Gasteiger partial charge in [-0.3, -0.25) is 9.79 Å². The minimum atomic E-state index is -0.0843. The molecule has 1 aromatic carbocycles. The third kappa shape index (κ3) is 5.14. The highest BCUT2D eigenvalue weighted by atomic mass is 35.5. The van der Waals surface area contributed by atoms with Gasteiger partial charge in [0, 0.05) is 53.3 Å². The van der Waals surface area contributed by atoms with Gasteiger partial charge in [0.15, 0.2) is 0 Å². The molecule has 0 saturated carbocycles. The first-order chi connectivity index (χ1) is 14.4. The molecule has 2 heterocycles. The Balaban J connectivity index is 1.98. The van der Waals surface area contributed by atoms with E-state index in [-0.39, 0.29) is 17.8 Å². The molecule has 8 nitrogen and oxygen atoms in total. The fourth-order valence-corrected chi connectivity index (χ4v) is 3.29. The van der Waals surface area contributed by atoms with Gasteiger partial charge in [-0.2, -0.15) is 5.10 Å². The van der Waals surface area contributed by atoms with Crippen molar-refractivity contribution in [3.8, 4) is 11.1 Å². The number of anilines is 1. The molecule has 1 aromatic heterocycles. The number of carbonyl (C=O) groups is 1. The fraction of sp³-hybridized carbons (Fsp3) is 0.333. The molecule has 0 atom stereocenters. The van der Waals surface area contributed by atoms with Gasteiger partial charge in [0.05, 0.1) is 13.2 Å². The highest BCUT2D eigenvalue weighted by Crippen LogP contribution is 2.27. The number of morpholine rings is 1. The molecule has 0 bridgehead atoms. The van der Waals surface area contributed by atoms with Crippen LogP contribution in [0.4, 0.5) is 5.82 Å². The van der Waals surface area contributed by atoms with Gasteiger partial charge in [0.1, 0.15) is 11.5 Å². The Bertz CT molecular complexity index is 983. The van der Waals surface area contributed by atoms with E-state index in [4.69, 9.17) is 27.9 Å². The summed E-state index contributed by atoms with van der Waals surface area (Å²) in [5.74, 6) is 5.75. The van der Waals surface area contributed by atoms with Gasteiger partial charge in [-0.25, -0.2) is 4.98 Å². The van der Waals surface area contributed by atoms with Crippen LogP contribution in [-0.4, -0.2) is 60.1 Å². The predicted molar refractivity (Wildman–Crippen MR) is 120 cm³/mol. The van der Waals surface area contributed by atoms with Crippen molar-refractivity contribution in [2.75, 3.05) is 32.0 Å². The van der Waals surface area contributed by atoms with Gasteiger partial charge in [-0.05, 0) is 43.7 Å². The van der Waals surface area contributed by atoms with Crippen LogP contribution in [0.15, 0.2) is 40.6 Å². The van der Waals surface area contributed by atoms with Crippen LogP contribution in [0.2, 0.25) is 5.02 Å². The van der Waals surface area contributed by atoms with Gasteiger partial charge in [0.2, 0.25) is 0 Å². The van der Waals surface area contributed by atoms with E-state index in [9.17, 15) is 4.79 Å². The number of ether oxygens (including phenoxy) is 1. The second kappa shape index (κ2) is 9.69. The molecule has 0 unspecified atom stereocenters. The number of aromatic nitrogens is 1. The van der Waals surface area contributed by atoms with Crippen LogP contribution in [0, 0.1) is 0 Å². The Morgan fingerprint density at radius 3 is 2.63 bits per heavy atom.